The fourth-order valence-electron chi connectivity index (χ4n) is 4.63. The molecule has 1 aromatic heterocycles. The monoisotopic (exact) mass is 464 g/mol. The van der Waals surface area contributed by atoms with Gasteiger partial charge >= 0.3 is 0 Å². The van der Waals surface area contributed by atoms with Crippen LogP contribution in [-0.2, 0) is 9.59 Å². The van der Waals surface area contributed by atoms with Crippen LogP contribution in [0.3, 0.4) is 0 Å². The lowest BCUT2D eigenvalue weighted by Crippen LogP contribution is -2.35. The molecule has 0 saturated carbocycles. The molecule has 170 valence electrons. The lowest BCUT2D eigenvalue weighted by Gasteiger charge is -2.27. The van der Waals surface area contributed by atoms with Gasteiger partial charge in [0.05, 0.1) is 10.5 Å². The molecule has 0 bridgehead atoms. The Morgan fingerprint density at radius 1 is 1.03 bits per heavy atom. The molecule has 0 radical (unpaired) electrons. The van der Waals surface area contributed by atoms with Crippen LogP contribution in [0.5, 0.6) is 0 Å². The van der Waals surface area contributed by atoms with Crippen LogP contribution in [0.4, 0.5) is 11.4 Å². The molecule has 8 heteroatoms. The third kappa shape index (κ3) is 4.33. The van der Waals surface area contributed by atoms with E-state index in [2.05, 4.69) is 10.3 Å². The number of rotatable bonds is 5. The summed E-state index contributed by atoms with van der Waals surface area (Å²) < 4.78 is 0. The summed E-state index contributed by atoms with van der Waals surface area (Å²) in [6.07, 6.45) is 2.93. The molecule has 3 heterocycles. The van der Waals surface area contributed by atoms with Gasteiger partial charge in [-0.1, -0.05) is 23.7 Å². The lowest BCUT2D eigenvalue weighted by molar-refractivity contribution is -0.119. The number of amides is 3. The normalized spacial score (nSPS) is 18.9. The number of hydrogen-bond donors (Lipinski definition) is 2. The van der Waals surface area contributed by atoms with Crippen molar-refractivity contribution < 1.29 is 14.4 Å². The maximum Gasteiger partial charge on any atom is 0.267 e. The number of anilines is 2. The molecular weight excluding hydrogens is 440 g/mol. The number of H-pyrrole nitrogens is 1. The van der Waals surface area contributed by atoms with Crippen molar-refractivity contribution in [2.75, 3.05) is 29.4 Å². The van der Waals surface area contributed by atoms with Crippen LogP contribution in [0.25, 0.3) is 10.9 Å². The number of carbonyl (C=O) groups excluding carboxylic acids is 3. The van der Waals surface area contributed by atoms with Crippen LogP contribution in [0.2, 0.25) is 5.02 Å². The van der Waals surface area contributed by atoms with E-state index in [4.69, 9.17) is 11.6 Å². The van der Waals surface area contributed by atoms with Gasteiger partial charge in [0.2, 0.25) is 11.8 Å². The number of carbonyl (C=O) groups is 3. The molecule has 2 N–H and O–H groups in total. The van der Waals surface area contributed by atoms with Gasteiger partial charge in [-0.15, -0.1) is 0 Å². The first-order valence-electron chi connectivity index (χ1n) is 11.3. The second-order valence-corrected chi connectivity index (χ2v) is 9.10. The molecule has 1 unspecified atom stereocenters. The minimum absolute atomic E-state index is 0.0257. The Bertz CT molecular complexity index is 1220. The van der Waals surface area contributed by atoms with E-state index < -0.39 is 0 Å². The van der Waals surface area contributed by atoms with E-state index in [-0.39, 0.29) is 23.6 Å². The van der Waals surface area contributed by atoms with Crippen molar-refractivity contribution in [2.24, 2.45) is 5.92 Å². The van der Waals surface area contributed by atoms with Gasteiger partial charge in [0.15, 0.2) is 0 Å². The van der Waals surface area contributed by atoms with Gasteiger partial charge in [-0.2, -0.15) is 0 Å². The molecule has 3 aromatic rings. The number of halogens is 1. The lowest BCUT2D eigenvalue weighted by atomic mass is 10.1. The summed E-state index contributed by atoms with van der Waals surface area (Å²) in [6.45, 7) is 1.69. The van der Waals surface area contributed by atoms with Gasteiger partial charge < -0.3 is 20.1 Å². The first-order valence-corrected chi connectivity index (χ1v) is 11.6. The van der Waals surface area contributed by atoms with E-state index in [1.807, 2.05) is 41.3 Å². The van der Waals surface area contributed by atoms with E-state index in [9.17, 15) is 14.4 Å². The van der Waals surface area contributed by atoms with Crippen molar-refractivity contribution >= 4 is 51.6 Å². The van der Waals surface area contributed by atoms with Gasteiger partial charge in [-0.25, -0.2) is 0 Å². The smallest absolute Gasteiger partial charge is 0.267 e. The Kier molecular flexibility index (Phi) is 5.81. The van der Waals surface area contributed by atoms with E-state index >= 15 is 0 Å². The second-order valence-electron chi connectivity index (χ2n) is 8.69. The average Bonchev–Trinajstić information content (AvgIpc) is 3.42. The molecule has 3 amide bonds. The number of nitrogens with one attached hydrogen (secondary N) is 2. The van der Waals surface area contributed by atoms with Crippen LogP contribution in [0, 0.1) is 5.92 Å². The van der Waals surface area contributed by atoms with Crippen LogP contribution < -0.4 is 15.1 Å². The Balaban J connectivity index is 1.20. The van der Waals surface area contributed by atoms with Crippen molar-refractivity contribution in [3.63, 3.8) is 0 Å². The molecule has 5 rings (SSSR count). The second kappa shape index (κ2) is 8.90. The predicted molar refractivity (Wildman–Crippen MR) is 129 cm³/mol. The minimum atomic E-state index is -0.219. The van der Waals surface area contributed by atoms with Crippen LogP contribution in [-0.4, -0.2) is 42.3 Å². The third-order valence-corrected chi connectivity index (χ3v) is 6.72. The molecule has 1 atom stereocenters. The number of aromatic amines is 1. The van der Waals surface area contributed by atoms with Crippen molar-refractivity contribution in [3.05, 3.63) is 59.2 Å². The Hall–Kier alpha value is -3.32. The van der Waals surface area contributed by atoms with E-state index in [0.29, 0.717) is 36.6 Å². The quantitative estimate of drug-likeness (QED) is 0.595. The molecule has 2 saturated heterocycles. The van der Waals surface area contributed by atoms with Gasteiger partial charge in [0.1, 0.15) is 5.69 Å². The van der Waals surface area contributed by atoms with E-state index in [1.54, 1.807) is 17.0 Å². The summed E-state index contributed by atoms with van der Waals surface area (Å²) in [5, 5.41) is 4.38. The van der Waals surface area contributed by atoms with Gasteiger partial charge in [0.25, 0.3) is 5.91 Å². The molecule has 0 spiro atoms. The maximum absolute atomic E-state index is 12.6. The van der Waals surface area contributed by atoms with Crippen LogP contribution in [0.1, 0.15) is 36.2 Å². The highest BCUT2D eigenvalue weighted by molar-refractivity contribution is 6.35. The number of nitrogens with zero attached hydrogens (tertiary/aromatic N) is 2. The summed E-state index contributed by atoms with van der Waals surface area (Å²) in [5.74, 6) is -0.00536. The topological polar surface area (TPSA) is 85.5 Å². The number of fused-ring (bicyclic) bond motifs is 1. The Labute approximate surface area is 196 Å². The highest BCUT2D eigenvalue weighted by Crippen LogP contribution is 2.29. The Morgan fingerprint density at radius 2 is 1.79 bits per heavy atom. The fraction of sp³-hybridized carbons (Fsp3) is 0.320. The summed E-state index contributed by atoms with van der Waals surface area (Å²) in [4.78, 5) is 44.0. The number of benzene rings is 2. The fourth-order valence-corrected chi connectivity index (χ4v) is 4.86. The molecule has 7 nitrogen and oxygen atoms in total. The molecule has 0 aliphatic carbocycles. The van der Waals surface area contributed by atoms with Gasteiger partial charge in [-0.3, -0.25) is 14.4 Å². The van der Waals surface area contributed by atoms with Gasteiger partial charge in [-0.05, 0) is 49.2 Å². The Morgan fingerprint density at radius 3 is 2.52 bits per heavy atom. The van der Waals surface area contributed by atoms with Crippen LogP contribution >= 0.6 is 11.6 Å². The molecule has 2 aliphatic rings. The third-order valence-electron chi connectivity index (χ3n) is 6.40. The zero-order valence-electron chi connectivity index (χ0n) is 18.1. The molecule has 2 aromatic carbocycles. The average molecular weight is 465 g/mol. The number of piperidine rings is 1. The van der Waals surface area contributed by atoms with E-state index in [0.717, 1.165) is 41.7 Å². The highest BCUT2D eigenvalue weighted by atomic mass is 35.5. The van der Waals surface area contributed by atoms with Crippen molar-refractivity contribution in [1.82, 2.24) is 10.3 Å². The summed E-state index contributed by atoms with van der Waals surface area (Å²) >= 11 is 6.18. The first kappa shape index (κ1) is 21.5. The minimum Gasteiger partial charge on any atom is -0.350 e. The predicted octanol–water partition coefficient (Wildman–Crippen LogP) is 4.12. The molecule has 2 fully saturated rings. The summed E-state index contributed by atoms with van der Waals surface area (Å²) in [7, 11) is 0. The SMILES string of the molecule is O=C(NCC1CC(=O)N(c2ccc(N3CCCCC3=O)cc2)C1)c1cc2cccc(Cl)c2[nH]1. The number of aromatic nitrogens is 1. The van der Waals surface area contributed by atoms with Crippen molar-refractivity contribution in [3.8, 4) is 0 Å². The first-order chi connectivity index (χ1) is 16.0. The summed E-state index contributed by atoms with van der Waals surface area (Å²) in [6, 6.07) is 14.9. The zero-order chi connectivity index (χ0) is 22.9. The molecular formula is C25H25ClN4O3. The molecule has 33 heavy (non-hydrogen) atoms. The van der Waals surface area contributed by atoms with Crippen molar-refractivity contribution in [1.29, 1.82) is 0 Å². The number of para-hydroxylation sites is 1. The zero-order valence-corrected chi connectivity index (χ0v) is 18.9. The highest BCUT2D eigenvalue weighted by Gasteiger charge is 2.31. The standard InChI is InChI=1S/C25H25ClN4O3/c26-20-5-3-4-17-13-21(28-24(17)20)25(33)27-14-16-12-23(32)30(15-16)19-9-7-18(8-10-19)29-11-2-1-6-22(29)31/h3-5,7-10,13,16,28H,1-2,6,11-12,14-15H2,(H,27,33). The number of hydrogen-bond acceptors (Lipinski definition) is 3. The van der Waals surface area contributed by atoms with Crippen LogP contribution in [0.15, 0.2) is 48.5 Å². The van der Waals surface area contributed by atoms with Crippen molar-refractivity contribution in [2.45, 2.75) is 25.7 Å². The summed E-state index contributed by atoms with van der Waals surface area (Å²) in [5.41, 5.74) is 2.87. The molecule has 2 aliphatic heterocycles. The van der Waals surface area contributed by atoms with Gasteiger partial charge in [0, 0.05) is 55.2 Å². The van der Waals surface area contributed by atoms with E-state index in [1.165, 1.54) is 0 Å². The maximum atomic E-state index is 12.6. The largest absolute Gasteiger partial charge is 0.350 e.